The van der Waals surface area contributed by atoms with Gasteiger partial charge in [-0.2, -0.15) is 0 Å². The third-order valence-corrected chi connectivity index (χ3v) is 2.85. The van der Waals surface area contributed by atoms with Crippen LogP contribution >= 0.6 is 0 Å². The van der Waals surface area contributed by atoms with Gasteiger partial charge >= 0.3 is 12.0 Å². The molecule has 0 aliphatic rings. The molecular formula is C15H30N2O4. The van der Waals surface area contributed by atoms with E-state index >= 15 is 0 Å². The Labute approximate surface area is 127 Å². The Kier molecular flexibility index (Phi) is 7.16. The highest BCUT2D eigenvalue weighted by Gasteiger charge is 2.26. The van der Waals surface area contributed by atoms with Gasteiger partial charge in [0.1, 0.15) is 0 Å². The largest absolute Gasteiger partial charge is 0.481 e. The van der Waals surface area contributed by atoms with Crippen LogP contribution in [0.25, 0.3) is 0 Å². The van der Waals surface area contributed by atoms with Crippen LogP contribution in [0, 0.1) is 5.41 Å². The van der Waals surface area contributed by atoms with Gasteiger partial charge < -0.3 is 20.4 Å². The van der Waals surface area contributed by atoms with Crippen molar-refractivity contribution in [2.24, 2.45) is 5.41 Å². The van der Waals surface area contributed by atoms with Crippen LogP contribution in [0.2, 0.25) is 0 Å². The smallest absolute Gasteiger partial charge is 0.317 e. The lowest BCUT2D eigenvalue weighted by Crippen LogP contribution is -2.50. The second-order valence-corrected chi connectivity index (χ2v) is 7.34. The van der Waals surface area contributed by atoms with E-state index in [1.165, 1.54) is 4.90 Å². The highest BCUT2D eigenvalue weighted by atomic mass is 16.4. The van der Waals surface area contributed by atoms with Gasteiger partial charge in [0.2, 0.25) is 0 Å². The van der Waals surface area contributed by atoms with Crippen molar-refractivity contribution in [3.05, 3.63) is 0 Å². The maximum absolute atomic E-state index is 12.2. The third-order valence-electron chi connectivity index (χ3n) is 2.85. The van der Waals surface area contributed by atoms with Gasteiger partial charge in [-0.1, -0.05) is 20.8 Å². The number of hydrogen-bond donors (Lipinski definition) is 3. The summed E-state index contributed by atoms with van der Waals surface area (Å²) in [7, 11) is 0. The van der Waals surface area contributed by atoms with Gasteiger partial charge in [0, 0.05) is 12.6 Å². The number of aliphatic hydroxyl groups is 1. The van der Waals surface area contributed by atoms with Crippen LogP contribution in [0.15, 0.2) is 0 Å². The molecule has 1 atom stereocenters. The Morgan fingerprint density at radius 1 is 1.19 bits per heavy atom. The van der Waals surface area contributed by atoms with Crippen LogP contribution in [-0.4, -0.2) is 51.8 Å². The Bertz CT molecular complexity index is 356. The van der Waals surface area contributed by atoms with Crippen LogP contribution in [0.4, 0.5) is 4.79 Å². The third kappa shape index (κ3) is 10.1. The van der Waals surface area contributed by atoms with Crippen molar-refractivity contribution in [2.45, 2.75) is 66.0 Å². The zero-order valence-electron chi connectivity index (χ0n) is 14.1. The lowest BCUT2D eigenvalue weighted by atomic mass is 9.87. The minimum absolute atomic E-state index is 0.0826. The van der Waals surface area contributed by atoms with E-state index in [2.05, 4.69) is 5.32 Å². The molecule has 0 spiro atoms. The molecule has 0 saturated heterocycles. The standard InChI is InChI=1S/C15H30N2O4/c1-7-17(10-15(5,6)21)13(20)16-11(8-12(18)19)9-14(2,3)4/h11,21H,7-10H2,1-6H3,(H,16,20)(H,18,19). The van der Waals surface area contributed by atoms with Gasteiger partial charge in [0.25, 0.3) is 0 Å². The Hall–Kier alpha value is -1.30. The summed E-state index contributed by atoms with van der Waals surface area (Å²) >= 11 is 0. The van der Waals surface area contributed by atoms with Crippen molar-refractivity contribution in [1.82, 2.24) is 10.2 Å². The Morgan fingerprint density at radius 2 is 1.71 bits per heavy atom. The van der Waals surface area contributed by atoms with Crippen LogP contribution < -0.4 is 5.32 Å². The van der Waals surface area contributed by atoms with E-state index in [-0.39, 0.29) is 24.4 Å². The quantitative estimate of drug-likeness (QED) is 0.671. The van der Waals surface area contributed by atoms with Gasteiger partial charge in [0.05, 0.1) is 18.6 Å². The Balaban J connectivity index is 4.80. The second kappa shape index (κ2) is 7.64. The molecule has 0 aromatic heterocycles. The maximum Gasteiger partial charge on any atom is 0.317 e. The first kappa shape index (κ1) is 19.7. The predicted molar refractivity (Wildman–Crippen MR) is 82.2 cm³/mol. The first-order chi connectivity index (χ1) is 9.34. The first-order valence-corrected chi connectivity index (χ1v) is 7.33. The number of hydrogen-bond acceptors (Lipinski definition) is 3. The van der Waals surface area contributed by atoms with Crippen molar-refractivity contribution < 1.29 is 19.8 Å². The second-order valence-electron chi connectivity index (χ2n) is 7.34. The fourth-order valence-electron chi connectivity index (χ4n) is 2.18. The molecular weight excluding hydrogens is 272 g/mol. The minimum Gasteiger partial charge on any atom is -0.481 e. The molecule has 1 unspecified atom stereocenters. The van der Waals surface area contributed by atoms with Crippen molar-refractivity contribution >= 4 is 12.0 Å². The van der Waals surface area contributed by atoms with E-state index in [0.29, 0.717) is 13.0 Å². The average Bonchev–Trinajstić information content (AvgIpc) is 2.20. The summed E-state index contributed by atoms with van der Waals surface area (Å²) in [6.45, 7) is 11.7. The molecule has 124 valence electrons. The number of rotatable bonds is 7. The maximum atomic E-state index is 12.2. The summed E-state index contributed by atoms with van der Waals surface area (Å²) < 4.78 is 0. The summed E-state index contributed by atoms with van der Waals surface area (Å²) in [4.78, 5) is 24.7. The van der Waals surface area contributed by atoms with Crippen LogP contribution in [0.3, 0.4) is 0 Å². The molecule has 2 amide bonds. The van der Waals surface area contributed by atoms with Gasteiger partial charge in [-0.15, -0.1) is 0 Å². The molecule has 0 radical (unpaired) electrons. The molecule has 21 heavy (non-hydrogen) atoms. The summed E-state index contributed by atoms with van der Waals surface area (Å²) in [6.07, 6.45) is 0.466. The molecule has 3 N–H and O–H groups in total. The summed E-state index contributed by atoms with van der Waals surface area (Å²) in [6, 6.07) is -0.763. The zero-order valence-corrected chi connectivity index (χ0v) is 14.1. The predicted octanol–water partition coefficient (Wildman–Crippen LogP) is 2.07. The van der Waals surface area contributed by atoms with E-state index < -0.39 is 17.6 Å². The SMILES string of the molecule is CCN(CC(C)(C)O)C(=O)NC(CC(=O)O)CC(C)(C)C. The van der Waals surface area contributed by atoms with E-state index in [1.807, 2.05) is 27.7 Å². The summed E-state index contributed by atoms with van der Waals surface area (Å²) in [5.41, 5.74) is -1.07. The first-order valence-electron chi connectivity index (χ1n) is 7.33. The molecule has 0 aromatic carbocycles. The summed E-state index contributed by atoms with van der Waals surface area (Å²) in [5.74, 6) is -0.935. The Morgan fingerprint density at radius 3 is 2.05 bits per heavy atom. The molecule has 0 aliphatic heterocycles. The topological polar surface area (TPSA) is 89.9 Å². The molecule has 0 bridgehead atoms. The van der Waals surface area contributed by atoms with Crippen molar-refractivity contribution in [3.63, 3.8) is 0 Å². The monoisotopic (exact) mass is 302 g/mol. The average molecular weight is 302 g/mol. The lowest BCUT2D eigenvalue weighted by Gasteiger charge is -2.31. The molecule has 0 fully saturated rings. The van der Waals surface area contributed by atoms with Crippen molar-refractivity contribution in [2.75, 3.05) is 13.1 Å². The number of amides is 2. The molecule has 0 heterocycles. The highest BCUT2D eigenvalue weighted by Crippen LogP contribution is 2.22. The number of carboxylic acids is 1. The number of aliphatic carboxylic acids is 1. The fourth-order valence-corrected chi connectivity index (χ4v) is 2.18. The number of carboxylic acid groups (broad SMARTS) is 1. The number of nitrogens with zero attached hydrogens (tertiary/aromatic N) is 1. The number of carbonyl (C=O) groups excluding carboxylic acids is 1. The number of carbonyl (C=O) groups is 2. The molecule has 0 aliphatic carbocycles. The van der Waals surface area contributed by atoms with Crippen LogP contribution in [0.5, 0.6) is 0 Å². The minimum atomic E-state index is -0.986. The molecule has 0 aromatic rings. The normalized spacial score (nSPS) is 13.7. The van der Waals surface area contributed by atoms with Crippen LogP contribution in [-0.2, 0) is 4.79 Å². The van der Waals surface area contributed by atoms with E-state index in [1.54, 1.807) is 13.8 Å². The summed E-state index contributed by atoms with van der Waals surface area (Å²) in [5, 5.41) is 21.6. The van der Waals surface area contributed by atoms with E-state index in [0.717, 1.165) is 0 Å². The number of likely N-dealkylation sites (N-methyl/N-ethyl adjacent to an activating group) is 1. The molecule has 0 rings (SSSR count). The molecule has 6 nitrogen and oxygen atoms in total. The zero-order chi connectivity index (χ0) is 16.8. The number of urea groups is 1. The van der Waals surface area contributed by atoms with Crippen LogP contribution in [0.1, 0.15) is 54.4 Å². The highest BCUT2D eigenvalue weighted by molar-refractivity contribution is 5.76. The van der Waals surface area contributed by atoms with E-state index in [4.69, 9.17) is 5.11 Å². The van der Waals surface area contributed by atoms with Crippen molar-refractivity contribution in [1.29, 1.82) is 0 Å². The van der Waals surface area contributed by atoms with Gasteiger partial charge in [-0.3, -0.25) is 4.79 Å². The fraction of sp³-hybridized carbons (Fsp3) is 0.867. The lowest BCUT2D eigenvalue weighted by molar-refractivity contribution is -0.137. The molecule has 6 heteroatoms. The van der Waals surface area contributed by atoms with Gasteiger partial charge in [0.15, 0.2) is 0 Å². The molecule has 0 saturated carbocycles. The van der Waals surface area contributed by atoms with E-state index in [9.17, 15) is 14.7 Å². The number of nitrogens with one attached hydrogen (secondary N) is 1. The van der Waals surface area contributed by atoms with Crippen molar-refractivity contribution in [3.8, 4) is 0 Å². The van der Waals surface area contributed by atoms with Gasteiger partial charge in [-0.05, 0) is 32.6 Å². The van der Waals surface area contributed by atoms with Gasteiger partial charge in [-0.25, -0.2) is 4.79 Å².